The predicted molar refractivity (Wildman–Crippen MR) is 243 cm³/mol. The Morgan fingerprint density at radius 2 is 0.743 bits per heavy atom. The number of hydrogen-bond donors (Lipinski definition) is 0. The third-order valence-electron chi connectivity index (χ3n) is 12.3. The molecule has 10 aromatic rings. The Kier molecular flexibility index (Phi) is 10.5. The molecule has 0 unspecified atom stereocenters. The van der Waals surface area contributed by atoms with Gasteiger partial charge in [-0.3, -0.25) is 4.98 Å². The van der Waals surface area contributed by atoms with Gasteiger partial charge in [-0.2, -0.15) is 57.9 Å². The summed E-state index contributed by atoms with van der Waals surface area (Å²) in [5.74, 6) is 0. The van der Waals surface area contributed by atoms with E-state index < -0.39 is 47.0 Å². The van der Waals surface area contributed by atoms with Gasteiger partial charge in [0.15, 0.2) is 0 Å². The van der Waals surface area contributed by atoms with Gasteiger partial charge in [0.2, 0.25) is 0 Å². The molecule has 16 heteroatoms. The quantitative estimate of drug-likeness (QED) is 0.161. The SMILES string of the molecule is Cc1cc(-c2c(-n3c4ccccc4c4ccc(-c5cc(C(F)(F)F)cc(C(F)(F)F)c5)cc43)cc(C#N)cc2-n2c3ccccc3c3ccc(-c4cc(C(F)(F)F)cc(C(F)(F)F)c4)cc32)cc(C)n1. The molecule has 0 atom stereocenters. The fraction of sp³-hybridized carbons (Fsp3) is 0.111. The van der Waals surface area contributed by atoms with Crippen molar-refractivity contribution < 1.29 is 52.7 Å². The first-order valence-electron chi connectivity index (χ1n) is 21.2. The lowest BCUT2D eigenvalue weighted by molar-refractivity contribution is -0.144. The van der Waals surface area contributed by atoms with Gasteiger partial charge < -0.3 is 9.13 Å². The van der Waals surface area contributed by atoms with Gasteiger partial charge >= 0.3 is 24.7 Å². The van der Waals surface area contributed by atoms with E-state index in [1.54, 1.807) is 108 Å². The Morgan fingerprint density at radius 1 is 0.386 bits per heavy atom. The minimum absolute atomic E-state index is 0.0140. The Hall–Kier alpha value is -8.06. The Labute approximate surface area is 388 Å². The molecule has 0 radical (unpaired) electrons. The Balaban J connectivity index is 1.33. The molecule has 0 aliphatic heterocycles. The van der Waals surface area contributed by atoms with Gasteiger partial charge in [-0.05, 0) is 127 Å². The topological polar surface area (TPSA) is 46.5 Å². The number of benzene rings is 7. The summed E-state index contributed by atoms with van der Waals surface area (Å²) in [5.41, 5.74) is -2.09. The number of alkyl halides is 12. The summed E-state index contributed by atoms with van der Waals surface area (Å²) in [5, 5.41) is 13.2. The van der Waals surface area contributed by atoms with Crippen LogP contribution in [0, 0.1) is 25.2 Å². The first kappa shape index (κ1) is 45.7. The Bertz CT molecular complexity index is 3520. The number of aryl methyl sites for hydroxylation is 2. The minimum atomic E-state index is -5.12. The van der Waals surface area contributed by atoms with Gasteiger partial charge in [-0.1, -0.05) is 60.7 Å². The zero-order chi connectivity index (χ0) is 49.8. The van der Waals surface area contributed by atoms with Gasteiger partial charge in [-0.25, -0.2) is 0 Å². The molecule has 4 nitrogen and oxygen atoms in total. The number of para-hydroxylation sites is 2. The molecule has 3 heterocycles. The first-order chi connectivity index (χ1) is 33.0. The van der Waals surface area contributed by atoms with Crippen LogP contribution in [0.25, 0.3) is 88.4 Å². The van der Waals surface area contributed by atoms with Crippen molar-refractivity contribution in [2.75, 3.05) is 0 Å². The van der Waals surface area contributed by atoms with Crippen LogP contribution in [0.15, 0.2) is 146 Å². The second-order valence-electron chi connectivity index (χ2n) is 16.9. The summed E-state index contributed by atoms with van der Waals surface area (Å²) in [6, 6.07) is 34.8. The largest absolute Gasteiger partial charge is 0.416 e. The van der Waals surface area contributed by atoms with Crippen molar-refractivity contribution in [3.05, 3.63) is 185 Å². The molecule has 0 saturated carbocycles. The van der Waals surface area contributed by atoms with E-state index in [0.29, 0.717) is 102 Å². The van der Waals surface area contributed by atoms with Crippen molar-refractivity contribution in [1.82, 2.24) is 14.1 Å². The zero-order valence-electron chi connectivity index (χ0n) is 36.2. The van der Waals surface area contributed by atoms with Gasteiger partial charge in [0, 0.05) is 38.5 Å². The maximum Gasteiger partial charge on any atom is 0.416 e. The zero-order valence-corrected chi connectivity index (χ0v) is 36.2. The van der Waals surface area contributed by atoms with Crippen LogP contribution >= 0.6 is 0 Å². The summed E-state index contributed by atoms with van der Waals surface area (Å²) in [4.78, 5) is 4.58. The van der Waals surface area contributed by atoms with E-state index in [9.17, 15) is 57.9 Å². The van der Waals surface area contributed by atoms with Crippen LogP contribution in [-0.4, -0.2) is 14.1 Å². The van der Waals surface area contributed by atoms with Crippen molar-refractivity contribution in [2.24, 2.45) is 0 Å². The van der Waals surface area contributed by atoms with Crippen molar-refractivity contribution in [1.29, 1.82) is 5.26 Å². The molecule has 7 aromatic carbocycles. The summed E-state index contributed by atoms with van der Waals surface area (Å²) in [6.45, 7) is 3.51. The van der Waals surface area contributed by atoms with Crippen molar-refractivity contribution >= 4 is 43.6 Å². The normalized spacial score (nSPS) is 12.7. The highest BCUT2D eigenvalue weighted by Gasteiger charge is 2.39. The first-order valence-corrected chi connectivity index (χ1v) is 21.2. The molecule has 70 heavy (non-hydrogen) atoms. The van der Waals surface area contributed by atoms with E-state index in [4.69, 9.17) is 0 Å². The highest BCUT2D eigenvalue weighted by atomic mass is 19.4. The van der Waals surface area contributed by atoms with Crippen LogP contribution in [0.3, 0.4) is 0 Å². The van der Waals surface area contributed by atoms with Crippen LogP contribution < -0.4 is 0 Å². The number of fused-ring (bicyclic) bond motifs is 6. The molecule has 0 saturated heterocycles. The maximum absolute atomic E-state index is 14.2. The monoisotopic (exact) mass is 962 g/mol. The van der Waals surface area contributed by atoms with Gasteiger partial charge in [0.05, 0.1) is 67.3 Å². The van der Waals surface area contributed by atoms with Crippen LogP contribution in [0.1, 0.15) is 39.2 Å². The number of aromatic nitrogens is 3. The number of halogens is 12. The summed E-state index contributed by atoms with van der Waals surface area (Å²) in [7, 11) is 0. The molecular formula is C54H30F12N4. The molecule has 0 N–H and O–H groups in total. The van der Waals surface area contributed by atoms with Crippen LogP contribution in [0.4, 0.5) is 52.7 Å². The molecule has 0 amide bonds. The van der Waals surface area contributed by atoms with Crippen LogP contribution in [-0.2, 0) is 24.7 Å². The van der Waals surface area contributed by atoms with Crippen LogP contribution in [0.5, 0.6) is 0 Å². The lowest BCUT2D eigenvalue weighted by Gasteiger charge is -2.21. The van der Waals surface area contributed by atoms with E-state index in [1.807, 2.05) is 0 Å². The lowest BCUT2D eigenvalue weighted by Crippen LogP contribution is -2.11. The lowest BCUT2D eigenvalue weighted by atomic mass is 9.96. The number of nitrogens with zero attached hydrogens (tertiary/aromatic N) is 4. The molecule has 350 valence electrons. The van der Waals surface area contributed by atoms with Crippen molar-refractivity contribution in [3.63, 3.8) is 0 Å². The Morgan fingerprint density at radius 3 is 1.10 bits per heavy atom. The molecule has 10 rings (SSSR count). The fourth-order valence-corrected chi connectivity index (χ4v) is 9.37. The van der Waals surface area contributed by atoms with Gasteiger partial charge in [0.1, 0.15) is 0 Å². The summed E-state index contributed by atoms with van der Waals surface area (Å²) < 4.78 is 173. The average molecular weight is 963 g/mol. The third-order valence-corrected chi connectivity index (χ3v) is 12.3. The smallest absolute Gasteiger partial charge is 0.308 e. The second kappa shape index (κ2) is 16.0. The average Bonchev–Trinajstić information content (AvgIpc) is 3.81. The molecule has 0 spiro atoms. The third kappa shape index (κ3) is 7.94. The highest BCUT2D eigenvalue weighted by molar-refractivity contribution is 6.13. The van der Waals surface area contributed by atoms with Crippen molar-refractivity contribution in [3.8, 4) is 50.8 Å². The summed E-state index contributed by atoms with van der Waals surface area (Å²) >= 11 is 0. The molecule has 0 aliphatic carbocycles. The van der Waals surface area contributed by atoms with E-state index in [2.05, 4.69) is 11.1 Å². The van der Waals surface area contributed by atoms with Gasteiger partial charge in [0.25, 0.3) is 0 Å². The molecule has 0 fully saturated rings. The molecular weight excluding hydrogens is 933 g/mol. The van der Waals surface area contributed by atoms with E-state index >= 15 is 0 Å². The number of rotatable bonds is 5. The second-order valence-corrected chi connectivity index (χ2v) is 16.9. The summed E-state index contributed by atoms with van der Waals surface area (Å²) in [6.07, 6.45) is -20.5. The standard InChI is InChI=1S/C54H30F12N4/c1-28-15-35(16-29(2)68-28)50-48(69-44-9-5-3-7-40(44)42-13-11-31(23-46(42)69)33-19-36(51(55,56)57)25-37(20-33)52(58,59)60)17-30(27-67)18-49(50)70-45-10-6-4-8-41(45)43-14-12-32(24-47(43)70)34-21-38(53(61,62)63)26-39(22-34)54(64,65)66/h3-26H,1-2H3. The van der Waals surface area contributed by atoms with Crippen LogP contribution in [0.2, 0.25) is 0 Å². The number of nitriles is 1. The van der Waals surface area contributed by atoms with E-state index in [-0.39, 0.29) is 39.9 Å². The molecule has 0 aliphatic rings. The van der Waals surface area contributed by atoms with Crippen molar-refractivity contribution in [2.45, 2.75) is 38.6 Å². The molecule has 3 aromatic heterocycles. The minimum Gasteiger partial charge on any atom is -0.308 e. The highest BCUT2D eigenvalue weighted by Crippen LogP contribution is 2.46. The number of pyridine rings is 1. The fourth-order valence-electron chi connectivity index (χ4n) is 9.37. The van der Waals surface area contributed by atoms with Gasteiger partial charge in [-0.15, -0.1) is 0 Å². The maximum atomic E-state index is 14.2. The number of hydrogen-bond acceptors (Lipinski definition) is 2. The van der Waals surface area contributed by atoms with E-state index in [0.717, 1.165) is 0 Å². The molecule has 0 bridgehead atoms. The van der Waals surface area contributed by atoms with E-state index in [1.165, 1.54) is 24.3 Å². The predicted octanol–water partition coefficient (Wildman–Crippen LogP) is 16.8.